The summed E-state index contributed by atoms with van der Waals surface area (Å²) >= 11 is 0. The summed E-state index contributed by atoms with van der Waals surface area (Å²) in [7, 11) is 0. The van der Waals surface area contributed by atoms with Crippen molar-refractivity contribution in [3.05, 3.63) is 23.9 Å². The zero-order chi connectivity index (χ0) is 12.8. The first kappa shape index (κ1) is 13.3. The maximum atomic E-state index is 8.58. The van der Waals surface area contributed by atoms with Gasteiger partial charge in [0.15, 0.2) is 5.84 Å². The van der Waals surface area contributed by atoms with Crippen molar-refractivity contribution in [3.63, 3.8) is 0 Å². The van der Waals surface area contributed by atoms with Crippen LogP contribution in [0.15, 0.2) is 23.5 Å². The normalized spacial score (nSPS) is 13.8. The van der Waals surface area contributed by atoms with E-state index in [1.54, 1.807) is 18.3 Å². The number of aromatic nitrogens is 1. The number of pyridine rings is 1. The number of nitrogens with zero attached hydrogens (tertiary/aromatic N) is 2. The highest BCUT2D eigenvalue weighted by molar-refractivity contribution is 5.97. The molecule has 0 saturated carbocycles. The molecule has 0 bridgehead atoms. The van der Waals surface area contributed by atoms with Gasteiger partial charge in [0.1, 0.15) is 0 Å². The smallest absolute Gasteiger partial charge is 0.214 e. The first-order valence-electron chi connectivity index (χ1n) is 5.63. The molecule has 1 atom stereocenters. The van der Waals surface area contributed by atoms with Gasteiger partial charge in [-0.2, -0.15) is 0 Å². The molecule has 0 aromatic carbocycles. The Morgan fingerprint density at radius 1 is 1.53 bits per heavy atom. The molecule has 94 valence electrons. The molecule has 0 radical (unpaired) electrons. The topological polar surface area (TPSA) is 80.7 Å². The number of hydrogen-bond donors (Lipinski definition) is 2. The first-order chi connectivity index (χ1) is 8.02. The number of rotatable bonds is 5. The monoisotopic (exact) mass is 237 g/mol. The third kappa shape index (κ3) is 4.30. The zero-order valence-electron chi connectivity index (χ0n) is 10.4. The Hall–Kier alpha value is -1.78. The van der Waals surface area contributed by atoms with Gasteiger partial charge in [0.2, 0.25) is 5.88 Å². The van der Waals surface area contributed by atoms with Gasteiger partial charge in [-0.3, -0.25) is 0 Å². The Labute approximate surface area is 101 Å². The maximum absolute atomic E-state index is 8.58. The van der Waals surface area contributed by atoms with Crippen LogP contribution in [0, 0.1) is 5.92 Å². The molecule has 1 aromatic heterocycles. The van der Waals surface area contributed by atoms with Gasteiger partial charge in [0, 0.05) is 17.8 Å². The van der Waals surface area contributed by atoms with E-state index in [1.165, 1.54) is 0 Å². The lowest BCUT2D eigenvalue weighted by Crippen LogP contribution is -2.17. The number of nitrogens with two attached hydrogens (primary N) is 1. The van der Waals surface area contributed by atoms with Crippen molar-refractivity contribution in [2.24, 2.45) is 16.8 Å². The molecule has 5 nitrogen and oxygen atoms in total. The maximum Gasteiger partial charge on any atom is 0.214 e. The van der Waals surface area contributed by atoms with Crippen LogP contribution in [0.4, 0.5) is 0 Å². The van der Waals surface area contributed by atoms with E-state index in [2.05, 4.69) is 24.0 Å². The third-order valence-electron chi connectivity index (χ3n) is 2.26. The van der Waals surface area contributed by atoms with E-state index in [0.29, 0.717) is 17.4 Å². The minimum Gasteiger partial charge on any atom is -0.475 e. The number of ether oxygens (including phenoxy) is 1. The molecule has 1 unspecified atom stereocenters. The first-order valence-corrected chi connectivity index (χ1v) is 5.63. The minimum absolute atomic E-state index is 0.0498. The van der Waals surface area contributed by atoms with Gasteiger partial charge in [-0.25, -0.2) is 4.98 Å². The highest BCUT2D eigenvalue weighted by Crippen LogP contribution is 2.14. The standard InChI is InChI=1S/C12H19N3O2/c1-8(2)6-9(3)17-11-7-10(4-5-14-11)12(13)15-16/h4-5,7-9,16H,6H2,1-3H3,(H2,13,15). The Balaban J connectivity index is 2.72. The van der Waals surface area contributed by atoms with Crippen LogP contribution in [0.1, 0.15) is 32.8 Å². The molecule has 0 spiro atoms. The van der Waals surface area contributed by atoms with E-state index in [9.17, 15) is 0 Å². The average Bonchev–Trinajstić information content (AvgIpc) is 2.27. The van der Waals surface area contributed by atoms with Crippen molar-refractivity contribution < 1.29 is 9.94 Å². The van der Waals surface area contributed by atoms with Crippen LogP contribution in [0.2, 0.25) is 0 Å². The molecule has 0 amide bonds. The molecule has 0 aliphatic carbocycles. The fourth-order valence-electron chi connectivity index (χ4n) is 1.61. The molecule has 0 aliphatic rings. The second-order valence-corrected chi connectivity index (χ2v) is 4.43. The summed E-state index contributed by atoms with van der Waals surface area (Å²) in [5, 5.41) is 11.5. The van der Waals surface area contributed by atoms with Crippen LogP contribution in [-0.2, 0) is 0 Å². The molecule has 5 heteroatoms. The van der Waals surface area contributed by atoms with Gasteiger partial charge in [-0.05, 0) is 25.3 Å². The van der Waals surface area contributed by atoms with E-state index in [1.807, 2.05) is 6.92 Å². The van der Waals surface area contributed by atoms with Gasteiger partial charge in [0.05, 0.1) is 6.10 Å². The van der Waals surface area contributed by atoms with E-state index in [4.69, 9.17) is 15.7 Å². The Morgan fingerprint density at radius 2 is 2.24 bits per heavy atom. The summed E-state index contributed by atoms with van der Waals surface area (Å²) in [5.41, 5.74) is 6.08. The Morgan fingerprint density at radius 3 is 2.82 bits per heavy atom. The third-order valence-corrected chi connectivity index (χ3v) is 2.26. The highest BCUT2D eigenvalue weighted by atomic mass is 16.5. The summed E-state index contributed by atoms with van der Waals surface area (Å²) in [6.45, 7) is 6.28. The SMILES string of the molecule is CC(C)CC(C)Oc1cc(/C(N)=N/O)ccn1. The molecule has 1 heterocycles. The number of amidine groups is 1. The van der Waals surface area contributed by atoms with Crippen molar-refractivity contribution in [2.45, 2.75) is 33.3 Å². The van der Waals surface area contributed by atoms with Gasteiger partial charge < -0.3 is 15.7 Å². The molecular formula is C12H19N3O2. The van der Waals surface area contributed by atoms with Crippen molar-refractivity contribution >= 4 is 5.84 Å². The second kappa shape index (κ2) is 6.08. The largest absolute Gasteiger partial charge is 0.475 e. The van der Waals surface area contributed by atoms with Gasteiger partial charge in [-0.15, -0.1) is 0 Å². The van der Waals surface area contributed by atoms with Crippen molar-refractivity contribution in [2.75, 3.05) is 0 Å². The molecule has 17 heavy (non-hydrogen) atoms. The van der Waals surface area contributed by atoms with Crippen molar-refractivity contribution in [3.8, 4) is 5.88 Å². The quantitative estimate of drug-likeness (QED) is 0.355. The van der Waals surface area contributed by atoms with E-state index in [-0.39, 0.29) is 11.9 Å². The van der Waals surface area contributed by atoms with Crippen LogP contribution in [0.5, 0.6) is 5.88 Å². The summed E-state index contributed by atoms with van der Waals surface area (Å²) in [6.07, 6.45) is 2.62. The summed E-state index contributed by atoms with van der Waals surface area (Å²) in [6, 6.07) is 3.32. The summed E-state index contributed by atoms with van der Waals surface area (Å²) in [4.78, 5) is 4.09. The molecule has 1 rings (SSSR count). The van der Waals surface area contributed by atoms with E-state index in [0.717, 1.165) is 6.42 Å². The molecule has 3 N–H and O–H groups in total. The lowest BCUT2D eigenvalue weighted by molar-refractivity contribution is 0.185. The van der Waals surface area contributed by atoms with Gasteiger partial charge in [0.25, 0.3) is 0 Å². The van der Waals surface area contributed by atoms with Crippen molar-refractivity contribution in [1.82, 2.24) is 4.98 Å². The number of oxime groups is 1. The Bertz CT molecular complexity index is 391. The van der Waals surface area contributed by atoms with Crippen LogP contribution in [0.3, 0.4) is 0 Å². The van der Waals surface area contributed by atoms with Crippen molar-refractivity contribution in [1.29, 1.82) is 0 Å². The van der Waals surface area contributed by atoms with E-state index >= 15 is 0 Å². The predicted octanol–water partition coefficient (Wildman–Crippen LogP) is 1.99. The fourth-order valence-corrected chi connectivity index (χ4v) is 1.61. The summed E-state index contributed by atoms with van der Waals surface area (Å²) < 4.78 is 5.66. The molecule has 0 aliphatic heterocycles. The van der Waals surface area contributed by atoms with Gasteiger partial charge >= 0.3 is 0 Å². The van der Waals surface area contributed by atoms with Crippen LogP contribution < -0.4 is 10.5 Å². The van der Waals surface area contributed by atoms with E-state index < -0.39 is 0 Å². The second-order valence-electron chi connectivity index (χ2n) is 4.43. The molecular weight excluding hydrogens is 218 g/mol. The van der Waals surface area contributed by atoms with Crippen LogP contribution in [-0.4, -0.2) is 22.1 Å². The lowest BCUT2D eigenvalue weighted by Gasteiger charge is -2.16. The predicted molar refractivity (Wildman–Crippen MR) is 66.3 cm³/mol. The highest BCUT2D eigenvalue weighted by Gasteiger charge is 2.09. The molecule has 0 fully saturated rings. The molecule has 1 aromatic rings. The van der Waals surface area contributed by atoms with Crippen LogP contribution in [0.25, 0.3) is 0 Å². The van der Waals surface area contributed by atoms with Gasteiger partial charge in [-0.1, -0.05) is 19.0 Å². The zero-order valence-corrected chi connectivity index (χ0v) is 10.4. The average molecular weight is 237 g/mol. The summed E-state index contributed by atoms with van der Waals surface area (Å²) in [5.74, 6) is 1.10. The minimum atomic E-state index is 0.0498. The lowest BCUT2D eigenvalue weighted by atomic mass is 10.1. The molecule has 0 saturated heterocycles. The fraction of sp³-hybridized carbons (Fsp3) is 0.500. The number of hydrogen-bond acceptors (Lipinski definition) is 4. The van der Waals surface area contributed by atoms with Crippen LogP contribution >= 0.6 is 0 Å². The Kier molecular flexibility index (Phi) is 4.75.